The minimum Gasteiger partial charge on any atom is -0.493 e. The molecule has 2 heterocycles. The van der Waals surface area contributed by atoms with E-state index in [-0.39, 0.29) is 49.3 Å². The number of pyridine rings is 1. The number of rotatable bonds is 17. The van der Waals surface area contributed by atoms with E-state index in [9.17, 15) is 33.1 Å². The van der Waals surface area contributed by atoms with E-state index in [0.717, 1.165) is 15.7 Å². The second-order valence-corrected chi connectivity index (χ2v) is 14.8. The number of aromatic nitrogens is 3. The number of aliphatic hydroxyl groups excluding tert-OH is 1. The van der Waals surface area contributed by atoms with Crippen molar-refractivity contribution in [1.82, 2.24) is 23.7 Å². The molecule has 262 valence electrons. The van der Waals surface area contributed by atoms with E-state index in [2.05, 4.69) is 15.5 Å². The minimum absolute atomic E-state index is 0.00558. The molecule has 14 heteroatoms. The molecule has 0 spiro atoms. The molecule has 13 nitrogen and oxygen atoms in total. The lowest BCUT2D eigenvalue weighted by Crippen LogP contribution is -2.53. The summed E-state index contributed by atoms with van der Waals surface area (Å²) in [7, 11) is -4.09. The van der Waals surface area contributed by atoms with Gasteiger partial charge in [0, 0.05) is 25.5 Å². The first-order chi connectivity index (χ1) is 23.3. The number of aliphatic hydroxyl groups is 1. The minimum atomic E-state index is -4.09. The number of nitrogens with zero attached hydrogens (tertiary/aromatic N) is 5. The van der Waals surface area contributed by atoms with Crippen LogP contribution in [0.3, 0.4) is 0 Å². The van der Waals surface area contributed by atoms with Crippen LogP contribution >= 0.6 is 0 Å². The van der Waals surface area contributed by atoms with Gasteiger partial charge >= 0.3 is 5.69 Å². The maximum Gasteiger partial charge on any atom is 0.332 e. The van der Waals surface area contributed by atoms with Gasteiger partial charge in [-0.25, -0.2) is 13.2 Å². The average Bonchev–Trinajstić information content (AvgIpc) is 3.33. The lowest BCUT2D eigenvalue weighted by atomic mass is 9.98. The molecule has 4 aromatic rings. The predicted molar refractivity (Wildman–Crippen MR) is 185 cm³/mol. The molecule has 1 amide bonds. The molecule has 4 rings (SSSR count). The summed E-state index contributed by atoms with van der Waals surface area (Å²) in [5, 5.41) is 28.2. The first-order valence-electron chi connectivity index (χ1n) is 16.1. The van der Waals surface area contributed by atoms with E-state index < -0.39 is 45.7 Å². The molecule has 0 unspecified atom stereocenters. The van der Waals surface area contributed by atoms with E-state index in [1.54, 1.807) is 38.4 Å². The molecule has 0 aliphatic rings. The van der Waals surface area contributed by atoms with Gasteiger partial charge in [-0.1, -0.05) is 75.3 Å². The third-order valence-corrected chi connectivity index (χ3v) is 9.98. The number of benzene rings is 2. The summed E-state index contributed by atoms with van der Waals surface area (Å²) >= 11 is 0. The lowest BCUT2D eigenvalue weighted by molar-refractivity contribution is -0.127. The van der Waals surface area contributed by atoms with Crippen molar-refractivity contribution in [3.05, 3.63) is 117 Å². The van der Waals surface area contributed by atoms with Gasteiger partial charge < -0.3 is 15.5 Å². The second-order valence-electron chi connectivity index (χ2n) is 12.8. The summed E-state index contributed by atoms with van der Waals surface area (Å²) in [6.45, 7) is 7.00. The second kappa shape index (κ2) is 16.6. The van der Waals surface area contributed by atoms with Crippen LogP contribution in [-0.2, 0) is 34.3 Å². The lowest BCUT2D eigenvalue weighted by Gasteiger charge is -2.32. The van der Waals surface area contributed by atoms with E-state index >= 15 is 0 Å². The highest BCUT2D eigenvalue weighted by Gasteiger charge is 2.34. The Kier molecular flexibility index (Phi) is 12.6. The van der Waals surface area contributed by atoms with Crippen molar-refractivity contribution in [2.75, 3.05) is 13.1 Å². The summed E-state index contributed by atoms with van der Waals surface area (Å²) in [6, 6.07) is 16.4. The molecular weight excluding hydrogens is 648 g/mol. The zero-order chi connectivity index (χ0) is 35.7. The highest BCUT2D eigenvalue weighted by atomic mass is 32.2. The van der Waals surface area contributed by atoms with Gasteiger partial charge in [-0.15, -0.1) is 0 Å². The van der Waals surface area contributed by atoms with Crippen LogP contribution in [0, 0.1) is 16.7 Å². The van der Waals surface area contributed by atoms with Crippen molar-refractivity contribution >= 4 is 15.9 Å². The van der Waals surface area contributed by atoms with E-state index in [1.807, 2.05) is 44.2 Å². The van der Waals surface area contributed by atoms with E-state index in [1.165, 1.54) is 39.3 Å². The quantitative estimate of drug-likeness (QED) is 0.140. The van der Waals surface area contributed by atoms with Crippen LogP contribution < -0.4 is 11.0 Å². The Morgan fingerprint density at radius 1 is 0.939 bits per heavy atom. The number of carbonyl (C=O) groups excluding carboxylic acids is 1. The molecular formula is C35H44N6O7S. The van der Waals surface area contributed by atoms with Crippen molar-refractivity contribution in [1.29, 1.82) is 0 Å². The number of imidazole rings is 1. The fourth-order valence-corrected chi connectivity index (χ4v) is 7.30. The number of nitrogens with one attached hydrogen (secondary N) is 1. The summed E-state index contributed by atoms with van der Waals surface area (Å²) in [5.74, 6) is -1.38. The molecule has 2 aromatic carbocycles. The first-order valence-corrected chi connectivity index (χ1v) is 17.6. The fraction of sp³-hybridized carbons (Fsp3) is 0.400. The number of nitroso groups, excluding NO2 is 1. The Morgan fingerprint density at radius 3 is 2.18 bits per heavy atom. The summed E-state index contributed by atoms with van der Waals surface area (Å²) < 4.78 is 31.2. The number of carbonyl (C=O) groups is 1. The van der Waals surface area contributed by atoms with E-state index in [4.69, 9.17) is 0 Å². The normalized spacial score (nSPS) is 13.8. The molecule has 0 radical (unpaired) electrons. The van der Waals surface area contributed by atoms with Gasteiger partial charge in [-0.2, -0.15) is 9.21 Å². The number of sulfonamides is 1. The Labute approximate surface area is 286 Å². The van der Waals surface area contributed by atoms with Gasteiger partial charge in [0.25, 0.3) is 0 Å². The third kappa shape index (κ3) is 9.49. The highest BCUT2D eigenvalue weighted by molar-refractivity contribution is 7.89. The van der Waals surface area contributed by atoms with Gasteiger partial charge in [0.1, 0.15) is 12.6 Å². The van der Waals surface area contributed by atoms with Crippen molar-refractivity contribution in [3.8, 4) is 5.88 Å². The standard InChI is InChI=1S/C35H44N6O7S/c1-24(2)20-39(49(47,48)29-12-10-27(11-13-29)19-37-46)22-31(42)30(18-26-8-6-5-7-9-26)38-34(44)33(25(3)4)41-23-32(43)40(35(41)45)21-28-14-16-36-17-15-28/h5-17,23-25,30-31,33,42-43H,18-22H2,1-4H3,(H,38,44)/t30-,31+,33-/m0/s1. The maximum atomic E-state index is 14.0. The van der Waals surface area contributed by atoms with Crippen molar-refractivity contribution in [2.45, 2.75) is 70.3 Å². The topological polar surface area (TPSA) is 176 Å². The van der Waals surface area contributed by atoms with Crippen LogP contribution in [0.2, 0.25) is 0 Å². The Morgan fingerprint density at radius 2 is 1.59 bits per heavy atom. The van der Waals surface area contributed by atoms with Gasteiger partial charge in [0.15, 0.2) is 0 Å². The summed E-state index contributed by atoms with van der Waals surface area (Å²) in [6.07, 6.45) is 3.20. The molecule has 3 N–H and O–H groups in total. The van der Waals surface area contributed by atoms with Gasteiger partial charge in [-0.05, 0) is 59.2 Å². The molecule has 0 aliphatic carbocycles. The van der Waals surface area contributed by atoms with Gasteiger partial charge in [-0.3, -0.25) is 18.9 Å². The van der Waals surface area contributed by atoms with Crippen LogP contribution in [0.4, 0.5) is 0 Å². The Bertz CT molecular complexity index is 1840. The molecule has 0 fully saturated rings. The summed E-state index contributed by atoms with van der Waals surface area (Å²) in [5.41, 5.74) is 1.50. The molecule has 0 saturated heterocycles. The predicted octanol–water partition coefficient (Wildman–Crippen LogP) is 3.70. The highest BCUT2D eigenvalue weighted by Crippen LogP contribution is 2.23. The van der Waals surface area contributed by atoms with Crippen LogP contribution in [0.15, 0.2) is 100 Å². The first kappa shape index (κ1) is 37.2. The SMILES string of the molecule is CC(C)CN(C[C@@H](O)[C@H](Cc1ccccc1)NC(=O)[C@H](C(C)C)n1cc(O)n(Cc2ccncc2)c1=O)S(=O)(=O)c1ccc(CN=O)cc1. The smallest absolute Gasteiger partial charge is 0.332 e. The number of amides is 1. The van der Waals surface area contributed by atoms with Gasteiger partial charge in [0.2, 0.25) is 21.8 Å². The number of aromatic hydroxyl groups is 1. The summed E-state index contributed by atoms with van der Waals surface area (Å²) in [4.78, 5) is 42.2. The Hall–Kier alpha value is -4.66. The van der Waals surface area contributed by atoms with Crippen molar-refractivity contribution in [2.24, 2.45) is 17.0 Å². The van der Waals surface area contributed by atoms with Crippen LogP contribution in [0.25, 0.3) is 0 Å². The van der Waals surface area contributed by atoms with Crippen LogP contribution in [0.5, 0.6) is 5.88 Å². The molecule has 2 aromatic heterocycles. The molecule has 0 saturated carbocycles. The molecule has 0 aliphatic heterocycles. The van der Waals surface area contributed by atoms with Crippen molar-refractivity contribution < 1.29 is 23.4 Å². The third-order valence-electron chi connectivity index (χ3n) is 8.13. The molecule has 3 atom stereocenters. The monoisotopic (exact) mass is 692 g/mol. The molecule has 49 heavy (non-hydrogen) atoms. The Balaban J connectivity index is 1.64. The van der Waals surface area contributed by atoms with Crippen LogP contribution in [0.1, 0.15) is 50.4 Å². The largest absolute Gasteiger partial charge is 0.493 e. The zero-order valence-corrected chi connectivity index (χ0v) is 28.9. The van der Waals surface area contributed by atoms with Gasteiger partial charge in [0.05, 0.1) is 29.8 Å². The fourth-order valence-electron chi connectivity index (χ4n) is 5.68. The average molecular weight is 693 g/mol. The zero-order valence-electron chi connectivity index (χ0n) is 28.1. The maximum absolute atomic E-state index is 14.0. The number of hydrogen-bond donors (Lipinski definition) is 3. The molecule has 0 bridgehead atoms. The van der Waals surface area contributed by atoms with E-state index in [0.29, 0.717) is 5.56 Å². The number of hydrogen-bond acceptors (Lipinski definition) is 9. The van der Waals surface area contributed by atoms with Crippen LogP contribution in [-0.4, -0.2) is 68.2 Å². The van der Waals surface area contributed by atoms with Crippen molar-refractivity contribution in [3.63, 3.8) is 0 Å².